The van der Waals surface area contributed by atoms with Crippen LogP contribution in [-0.4, -0.2) is 15.7 Å². The van der Waals surface area contributed by atoms with Gasteiger partial charge in [0.2, 0.25) is 5.78 Å². The molecule has 5 heteroatoms. The second-order valence-corrected chi connectivity index (χ2v) is 4.40. The number of hydrogen-bond acceptors (Lipinski definition) is 3. The molecule has 1 heterocycles. The van der Waals surface area contributed by atoms with Crippen molar-refractivity contribution in [2.75, 3.05) is 0 Å². The van der Waals surface area contributed by atoms with Crippen LogP contribution in [0.1, 0.15) is 16.1 Å². The van der Waals surface area contributed by atoms with Crippen LogP contribution in [0.2, 0.25) is 0 Å². The summed E-state index contributed by atoms with van der Waals surface area (Å²) in [5.74, 6) is -0.184. The molecule has 0 aliphatic heterocycles. The van der Waals surface area contributed by atoms with Crippen LogP contribution >= 0.6 is 0 Å². The van der Waals surface area contributed by atoms with Gasteiger partial charge in [0.1, 0.15) is 0 Å². The lowest BCUT2D eigenvalue weighted by Crippen LogP contribution is -2.01. The van der Waals surface area contributed by atoms with Crippen molar-refractivity contribution in [3.63, 3.8) is 0 Å². The summed E-state index contributed by atoms with van der Waals surface area (Å²) in [6, 6.07) is 15.0. The lowest BCUT2D eigenvalue weighted by atomic mass is 10.1. The van der Waals surface area contributed by atoms with E-state index >= 15 is 0 Å². The molecule has 0 fully saturated rings. The smallest absolute Gasteiger partial charge is 0.269 e. The SMILES string of the molecule is O=C(c1ccc([N+](=O)[O-])cc1)c1cc2ccccc2[nH]1. The third-order valence-electron chi connectivity index (χ3n) is 3.11. The fourth-order valence-corrected chi connectivity index (χ4v) is 2.09. The largest absolute Gasteiger partial charge is 0.352 e. The summed E-state index contributed by atoms with van der Waals surface area (Å²) in [4.78, 5) is 25.4. The van der Waals surface area contributed by atoms with Crippen LogP contribution in [0.4, 0.5) is 5.69 Å². The molecule has 0 aliphatic carbocycles. The number of aromatic nitrogens is 1. The van der Waals surface area contributed by atoms with Crippen molar-refractivity contribution in [2.45, 2.75) is 0 Å². The van der Waals surface area contributed by atoms with E-state index in [2.05, 4.69) is 4.98 Å². The summed E-state index contributed by atoms with van der Waals surface area (Å²) in [6.07, 6.45) is 0. The van der Waals surface area contributed by atoms with Gasteiger partial charge >= 0.3 is 0 Å². The lowest BCUT2D eigenvalue weighted by molar-refractivity contribution is -0.384. The fraction of sp³-hybridized carbons (Fsp3) is 0. The van der Waals surface area contributed by atoms with Crippen molar-refractivity contribution in [1.29, 1.82) is 0 Å². The summed E-state index contributed by atoms with van der Waals surface area (Å²) in [5, 5.41) is 11.5. The number of benzene rings is 2. The number of H-pyrrole nitrogens is 1. The van der Waals surface area contributed by atoms with Crippen molar-refractivity contribution < 1.29 is 9.72 Å². The predicted molar refractivity (Wildman–Crippen MR) is 74.8 cm³/mol. The van der Waals surface area contributed by atoms with E-state index in [1.54, 1.807) is 6.07 Å². The highest BCUT2D eigenvalue weighted by molar-refractivity contribution is 6.10. The molecule has 2 aromatic carbocycles. The van der Waals surface area contributed by atoms with Crippen LogP contribution in [-0.2, 0) is 0 Å². The molecule has 3 aromatic rings. The number of nitrogens with zero attached hydrogens (tertiary/aromatic N) is 1. The molecule has 0 saturated heterocycles. The van der Waals surface area contributed by atoms with Crippen molar-refractivity contribution in [1.82, 2.24) is 4.98 Å². The minimum absolute atomic E-state index is 0.0294. The molecule has 5 nitrogen and oxygen atoms in total. The first-order valence-corrected chi connectivity index (χ1v) is 6.02. The van der Waals surface area contributed by atoms with Gasteiger partial charge in [-0.25, -0.2) is 0 Å². The summed E-state index contributed by atoms with van der Waals surface area (Å²) < 4.78 is 0. The van der Waals surface area contributed by atoms with Crippen molar-refractivity contribution in [2.24, 2.45) is 0 Å². The van der Waals surface area contributed by atoms with Crippen LogP contribution in [0, 0.1) is 10.1 Å². The van der Waals surface area contributed by atoms with Crippen LogP contribution in [0.15, 0.2) is 54.6 Å². The molecule has 0 bridgehead atoms. The highest BCUT2D eigenvalue weighted by Crippen LogP contribution is 2.19. The Bertz CT molecular complexity index is 770. The number of nitro groups is 1. The van der Waals surface area contributed by atoms with E-state index in [1.165, 1.54) is 24.3 Å². The standard InChI is InChI=1S/C15H10N2O3/c18-15(10-5-7-12(8-6-10)17(19)20)14-9-11-3-1-2-4-13(11)16-14/h1-9,16H. The van der Waals surface area contributed by atoms with E-state index in [1.807, 2.05) is 24.3 Å². The van der Waals surface area contributed by atoms with Crippen LogP contribution in [0.25, 0.3) is 10.9 Å². The van der Waals surface area contributed by atoms with Gasteiger partial charge < -0.3 is 4.98 Å². The Morgan fingerprint density at radius 3 is 2.40 bits per heavy atom. The third kappa shape index (κ3) is 2.05. The minimum Gasteiger partial charge on any atom is -0.352 e. The van der Waals surface area contributed by atoms with Gasteiger partial charge in [0.15, 0.2) is 0 Å². The highest BCUT2D eigenvalue weighted by atomic mass is 16.6. The summed E-state index contributed by atoms with van der Waals surface area (Å²) in [6.45, 7) is 0. The van der Waals surface area contributed by atoms with E-state index in [9.17, 15) is 14.9 Å². The topological polar surface area (TPSA) is 76.0 Å². The maximum Gasteiger partial charge on any atom is 0.269 e. The maximum absolute atomic E-state index is 12.3. The molecule has 0 atom stereocenters. The molecular weight excluding hydrogens is 256 g/mol. The van der Waals surface area contributed by atoms with E-state index < -0.39 is 4.92 Å². The zero-order valence-electron chi connectivity index (χ0n) is 10.4. The normalized spacial score (nSPS) is 10.6. The Hall–Kier alpha value is -2.95. The summed E-state index contributed by atoms with van der Waals surface area (Å²) in [7, 11) is 0. The number of fused-ring (bicyclic) bond motifs is 1. The molecule has 0 amide bonds. The van der Waals surface area contributed by atoms with Crippen LogP contribution in [0.3, 0.4) is 0 Å². The average molecular weight is 266 g/mol. The highest BCUT2D eigenvalue weighted by Gasteiger charge is 2.13. The van der Waals surface area contributed by atoms with Gasteiger partial charge in [-0.1, -0.05) is 18.2 Å². The van der Waals surface area contributed by atoms with Gasteiger partial charge in [0.05, 0.1) is 10.6 Å². The van der Waals surface area contributed by atoms with Crippen LogP contribution < -0.4 is 0 Å². The predicted octanol–water partition coefficient (Wildman–Crippen LogP) is 3.31. The van der Waals surface area contributed by atoms with E-state index in [0.29, 0.717) is 11.3 Å². The van der Waals surface area contributed by atoms with Gasteiger partial charge in [0, 0.05) is 28.6 Å². The number of carbonyl (C=O) groups is 1. The van der Waals surface area contributed by atoms with Crippen LogP contribution in [0.5, 0.6) is 0 Å². The molecule has 0 unspecified atom stereocenters. The second-order valence-electron chi connectivity index (χ2n) is 4.40. The number of rotatable bonds is 3. The first-order valence-electron chi connectivity index (χ1n) is 6.02. The zero-order valence-corrected chi connectivity index (χ0v) is 10.4. The van der Waals surface area contributed by atoms with Crippen molar-refractivity contribution in [3.05, 3.63) is 76.0 Å². The second kappa shape index (κ2) is 4.62. The molecule has 1 N–H and O–H groups in total. The quantitative estimate of drug-likeness (QED) is 0.449. The monoisotopic (exact) mass is 266 g/mol. The Morgan fingerprint density at radius 2 is 1.75 bits per heavy atom. The lowest BCUT2D eigenvalue weighted by Gasteiger charge is -1.98. The third-order valence-corrected chi connectivity index (χ3v) is 3.11. The maximum atomic E-state index is 12.3. The molecule has 20 heavy (non-hydrogen) atoms. The fourth-order valence-electron chi connectivity index (χ4n) is 2.09. The zero-order chi connectivity index (χ0) is 14.1. The number of hydrogen-bond donors (Lipinski definition) is 1. The Kier molecular flexibility index (Phi) is 2.80. The number of carbonyl (C=O) groups excluding carboxylic acids is 1. The number of aromatic amines is 1. The first-order chi connectivity index (χ1) is 9.65. The molecular formula is C15H10N2O3. The molecule has 98 valence electrons. The molecule has 0 spiro atoms. The Morgan fingerprint density at radius 1 is 1.05 bits per heavy atom. The average Bonchev–Trinajstić information content (AvgIpc) is 2.90. The van der Waals surface area contributed by atoms with Gasteiger partial charge in [-0.05, 0) is 24.3 Å². The minimum atomic E-state index is -0.489. The Balaban J connectivity index is 1.97. The molecule has 0 radical (unpaired) electrons. The Labute approximate surface area is 114 Å². The number of non-ortho nitro benzene ring substituents is 1. The van der Waals surface area contributed by atoms with Gasteiger partial charge in [-0.15, -0.1) is 0 Å². The number of ketones is 1. The van der Waals surface area contributed by atoms with E-state index in [4.69, 9.17) is 0 Å². The number of nitrogens with one attached hydrogen (secondary N) is 1. The van der Waals surface area contributed by atoms with Crippen molar-refractivity contribution in [3.8, 4) is 0 Å². The molecule has 3 rings (SSSR count). The first kappa shape index (κ1) is 12.1. The molecule has 0 aliphatic rings. The van der Waals surface area contributed by atoms with Gasteiger partial charge in [0.25, 0.3) is 5.69 Å². The molecule has 1 aromatic heterocycles. The molecule has 0 saturated carbocycles. The summed E-state index contributed by atoms with van der Waals surface area (Å²) >= 11 is 0. The summed E-state index contributed by atoms with van der Waals surface area (Å²) in [5.41, 5.74) is 1.75. The van der Waals surface area contributed by atoms with E-state index in [0.717, 1.165) is 10.9 Å². The number of para-hydroxylation sites is 1. The number of nitro benzene ring substituents is 1. The van der Waals surface area contributed by atoms with E-state index in [-0.39, 0.29) is 11.5 Å². The van der Waals surface area contributed by atoms with Gasteiger partial charge in [-0.3, -0.25) is 14.9 Å². The van der Waals surface area contributed by atoms with Crippen molar-refractivity contribution >= 4 is 22.4 Å². The van der Waals surface area contributed by atoms with Gasteiger partial charge in [-0.2, -0.15) is 0 Å².